The molecule has 1 aromatic carbocycles. The first-order valence-corrected chi connectivity index (χ1v) is 6.85. The normalized spacial score (nSPS) is 24.6. The molecule has 0 aromatic heterocycles. The molecule has 1 aromatic rings. The molecular formula is C15H24N2. The van der Waals surface area contributed by atoms with Crippen LogP contribution < -0.4 is 10.6 Å². The Morgan fingerprint density at radius 1 is 1.12 bits per heavy atom. The summed E-state index contributed by atoms with van der Waals surface area (Å²) in [5.41, 5.74) is 7.31. The van der Waals surface area contributed by atoms with Crippen molar-refractivity contribution < 1.29 is 0 Å². The van der Waals surface area contributed by atoms with Gasteiger partial charge in [0.1, 0.15) is 0 Å². The van der Waals surface area contributed by atoms with Gasteiger partial charge >= 0.3 is 0 Å². The Morgan fingerprint density at radius 3 is 2.35 bits per heavy atom. The van der Waals surface area contributed by atoms with Crippen LogP contribution in [0, 0.1) is 5.92 Å². The van der Waals surface area contributed by atoms with Crippen LogP contribution >= 0.6 is 0 Å². The van der Waals surface area contributed by atoms with E-state index < -0.39 is 0 Å². The standard InChI is InChI=1S/C15H24N2/c1-2-17(15-6-4-3-5-7-15)12-13-8-10-14(16)11-9-13/h3-7,13-14H,2,8-12,16H2,1H3. The lowest BCUT2D eigenvalue weighted by molar-refractivity contribution is 0.328. The van der Waals surface area contributed by atoms with E-state index >= 15 is 0 Å². The van der Waals surface area contributed by atoms with Gasteiger partial charge in [0.05, 0.1) is 0 Å². The van der Waals surface area contributed by atoms with Crippen molar-refractivity contribution in [3.63, 3.8) is 0 Å². The fourth-order valence-corrected chi connectivity index (χ4v) is 2.74. The molecule has 94 valence electrons. The van der Waals surface area contributed by atoms with Crippen molar-refractivity contribution in [3.05, 3.63) is 30.3 Å². The molecule has 2 rings (SSSR count). The molecule has 2 N–H and O–H groups in total. The number of anilines is 1. The fraction of sp³-hybridized carbons (Fsp3) is 0.600. The van der Waals surface area contributed by atoms with Crippen molar-refractivity contribution in [1.82, 2.24) is 0 Å². The zero-order valence-electron chi connectivity index (χ0n) is 10.8. The van der Waals surface area contributed by atoms with E-state index in [1.54, 1.807) is 0 Å². The molecule has 1 aliphatic carbocycles. The second-order valence-corrected chi connectivity index (χ2v) is 5.15. The van der Waals surface area contributed by atoms with Gasteiger partial charge in [-0.05, 0) is 50.7 Å². The van der Waals surface area contributed by atoms with Gasteiger partial charge in [-0.15, -0.1) is 0 Å². The van der Waals surface area contributed by atoms with E-state index in [4.69, 9.17) is 5.73 Å². The van der Waals surface area contributed by atoms with Gasteiger partial charge < -0.3 is 10.6 Å². The van der Waals surface area contributed by atoms with Gasteiger partial charge in [-0.25, -0.2) is 0 Å². The Hall–Kier alpha value is -1.02. The third kappa shape index (κ3) is 3.47. The van der Waals surface area contributed by atoms with E-state index in [0.29, 0.717) is 6.04 Å². The minimum atomic E-state index is 0.457. The van der Waals surface area contributed by atoms with Crippen molar-refractivity contribution in [1.29, 1.82) is 0 Å². The SMILES string of the molecule is CCN(CC1CCC(N)CC1)c1ccccc1. The first-order chi connectivity index (χ1) is 8.29. The van der Waals surface area contributed by atoms with Crippen molar-refractivity contribution in [2.75, 3.05) is 18.0 Å². The Bertz CT molecular complexity index is 315. The van der Waals surface area contributed by atoms with Gasteiger partial charge in [0.2, 0.25) is 0 Å². The number of benzene rings is 1. The van der Waals surface area contributed by atoms with E-state index in [9.17, 15) is 0 Å². The number of rotatable bonds is 4. The zero-order chi connectivity index (χ0) is 12.1. The van der Waals surface area contributed by atoms with Gasteiger partial charge in [-0.1, -0.05) is 18.2 Å². The third-order valence-electron chi connectivity index (χ3n) is 3.87. The molecular weight excluding hydrogens is 208 g/mol. The van der Waals surface area contributed by atoms with Crippen LogP contribution in [0.4, 0.5) is 5.69 Å². The first kappa shape index (κ1) is 12.4. The van der Waals surface area contributed by atoms with Crippen LogP contribution in [-0.2, 0) is 0 Å². The van der Waals surface area contributed by atoms with E-state index in [1.165, 1.54) is 37.9 Å². The molecule has 2 heteroatoms. The molecule has 17 heavy (non-hydrogen) atoms. The smallest absolute Gasteiger partial charge is 0.0366 e. The summed E-state index contributed by atoms with van der Waals surface area (Å²) in [7, 11) is 0. The number of hydrogen-bond acceptors (Lipinski definition) is 2. The highest BCUT2D eigenvalue weighted by molar-refractivity contribution is 5.45. The largest absolute Gasteiger partial charge is 0.372 e. The third-order valence-corrected chi connectivity index (χ3v) is 3.87. The summed E-state index contributed by atoms with van der Waals surface area (Å²) in [4.78, 5) is 2.49. The van der Waals surface area contributed by atoms with Crippen LogP contribution in [0.25, 0.3) is 0 Å². The molecule has 0 saturated heterocycles. The highest BCUT2D eigenvalue weighted by Gasteiger charge is 2.20. The molecule has 1 fully saturated rings. The quantitative estimate of drug-likeness (QED) is 0.864. The van der Waals surface area contributed by atoms with Gasteiger partial charge in [-0.2, -0.15) is 0 Å². The zero-order valence-corrected chi connectivity index (χ0v) is 10.8. The highest BCUT2D eigenvalue weighted by Crippen LogP contribution is 2.25. The maximum absolute atomic E-state index is 5.96. The van der Waals surface area contributed by atoms with Crippen molar-refractivity contribution in [2.24, 2.45) is 11.7 Å². The lowest BCUT2D eigenvalue weighted by atomic mass is 9.86. The Morgan fingerprint density at radius 2 is 1.76 bits per heavy atom. The average Bonchev–Trinajstić information content (AvgIpc) is 2.39. The second-order valence-electron chi connectivity index (χ2n) is 5.15. The summed E-state index contributed by atoms with van der Waals surface area (Å²) >= 11 is 0. The van der Waals surface area contributed by atoms with Crippen molar-refractivity contribution in [2.45, 2.75) is 38.6 Å². The molecule has 0 atom stereocenters. The maximum Gasteiger partial charge on any atom is 0.0366 e. The summed E-state index contributed by atoms with van der Waals surface area (Å²) in [5.74, 6) is 0.829. The minimum Gasteiger partial charge on any atom is -0.372 e. The van der Waals surface area contributed by atoms with Crippen molar-refractivity contribution in [3.8, 4) is 0 Å². The second kappa shape index (κ2) is 6.06. The summed E-state index contributed by atoms with van der Waals surface area (Å²) < 4.78 is 0. The summed E-state index contributed by atoms with van der Waals surface area (Å²) in [6.45, 7) is 4.52. The molecule has 0 heterocycles. The molecule has 0 bridgehead atoms. The number of hydrogen-bond donors (Lipinski definition) is 1. The monoisotopic (exact) mass is 232 g/mol. The molecule has 2 nitrogen and oxygen atoms in total. The minimum absolute atomic E-state index is 0.457. The fourth-order valence-electron chi connectivity index (χ4n) is 2.74. The van der Waals surface area contributed by atoms with Crippen LogP contribution in [0.1, 0.15) is 32.6 Å². The van der Waals surface area contributed by atoms with Crippen LogP contribution in [0.15, 0.2) is 30.3 Å². The van der Waals surface area contributed by atoms with Gasteiger partial charge in [0.15, 0.2) is 0 Å². The topological polar surface area (TPSA) is 29.3 Å². The molecule has 1 aliphatic rings. The number of nitrogens with two attached hydrogens (primary N) is 1. The highest BCUT2D eigenvalue weighted by atomic mass is 15.1. The Balaban J connectivity index is 1.92. The lowest BCUT2D eigenvalue weighted by Crippen LogP contribution is -2.34. The Labute approximate surface area is 105 Å². The maximum atomic E-state index is 5.96. The molecule has 0 amide bonds. The summed E-state index contributed by atoms with van der Waals surface area (Å²) in [5, 5.41) is 0. The summed E-state index contributed by atoms with van der Waals surface area (Å²) in [6.07, 6.45) is 5.00. The molecule has 0 unspecified atom stereocenters. The average molecular weight is 232 g/mol. The predicted molar refractivity (Wildman–Crippen MR) is 74.3 cm³/mol. The number of nitrogens with zero attached hydrogens (tertiary/aromatic N) is 1. The van der Waals surface area contributed by atoms with Crippen LogP contribution in [0.5, 0.6) is 0 Å². The van der Waals surface area contributed by atoms with E-state index in [1.807, 2.05) is 0 Å². The van der Waals surface area contributed by atoms with Crippen LogP contribution in [0.3, 0.4) is 0 Å². The summed E-state index contributed by atoms with van der Waals surface area (Å²) in [6, 6.07) is 11.2. The number of para-hydroxylation sites is 1. The molecule has 0 spiro atoms. The molecule has 0 aliphatic heterocycles. The van der Waals surface area contributed by atoms with Crippen LogP contribution in [0.2, 0.25) is 0 Å². The lowest BCUT2D eigenvalue weighted by Gasteiger charge is -2.32. The van der Waals surface area contributed by atoms with Crippen molar-refractivity contribution >= 4 is 5.69 Å². The van der Waals surface area contributed by atoms with E-state index in [-0.39, 0.29) is 0 Å². The van der Waals surface area contributed by atoms with Gasteiger partial charge in [-0.3, -0.25) is 0 Å². The predicted octanol–water partition coefficient (Wildman–Crippen LogP) is 3.03. The molecule has 0 radical (unpaired) electrons. The van der Waals surface area contributed by atoms with Gasteiger partial charge in [0, 0.05) is 24.8 Å². The van der Waals surface area contributed by atoms with Gasteiger partial charge in [0.25, 0.3) is 0 Å². The van der Waals surface area contributed by atoms with E-state index in [2.05, 4.69) is 42.2 Å². The molecule has 1 saturated carbocycles. The first-order valence-electron chi connectivity index (χ1n) is 6.85. The van der Waals surface area contributed by atoms with E-state index in [0.717, 1.165) is 12.5 Å². The Kier molecular flexibility index (Phi) is 4.43. The van der Waals surface area contributed by atoms with Crippen LogP contribution in [-0.4, -0.2) is 19.1 Å².